The van der Waals surface area contributed by atoms with Crippen LogP contribution in [0.2, 0.25) is 0 Å². The van der Waals surface area contributed by atoms with Crippen LogP contribution >= 0.6 is 0 Å². The first-order valence-electron chi connectivity index (χ1n) is 12.7. The highest BCUT2D eigenvalue weighted by atomic mass is 16.5. The van der Waals surface area contributed by atoms with Crippen molar-refractivity contribution in [3.63, 3.8) is 0 Å². The van der Waals surface area contributed by atoms with E-state index in [2.05, 4.69) is 24.3 Å². The molecule has 4 heteroatoms. The van der Waals surface area contributed by atoms with E-state index in [1.54, 1.807) is 12.1 Å². The number of phenolic OH excluding ortho intramolecular Hbond substituents is 1. The van der Waals surface area contributed by atoms with Gasteiger partial charge in [-0.1, -0.05) is 66.2 Å². The van der Waals surface area contributed by atoms with E-state index in [0.717, 1.165) is 44.7 Å². The van der Waals surface area contributed by atoms with Gasteiger partial charge in [-0.3, -0.25) is 4.79 Å². The van der Waals surface area contributed by atoms with Crippen molar-refractivity contribution in [1.82, 2.24) is 0 Å². The highest BCUT2D eigenvalue weighted by Crippen LogP contribution is 2.63. The molecule has 186 valence electrons. The summed E-state index contributed by atoms with van der Waals surface area (Å²) in [5, 5.41) is 11.5. The molecular formula is C33H30O4. The fraction of sp³-hybridized carbons (Fsp3) is 0.242. The zero-order chi connectivity index (χ0) is 25.9. The monoisotopic (exact) mass is 490 g/mol. The highest BCUT2D eigenvalue weighted by molar-refractivity contribution is 5.81. The van der Waals surface area contributed by atoms with Crippen LogP contribution in [-0.2, 0) is 10.2 Å². The maximum Gasteiger partial charge on any atom is 0.316 e. The Morgan fingerprint density at radius 3 is 2.05 bits per heavy atom. The highest BCUT2D eigenvalue weighted by Gasteiger charge is 2.55. The van der Waals surface area contributed by atoms with Gasteiger partial charge in [-0.2, -0.15) is 0 Å². The number of rotatable bonds is 4. The van der Waals surface area contributed by atoms with Gasteiger partial charge in [-0.05, 0) is 74.2 Å². The molecule has 1 N–H and O–H groups in total. The lowest BCUT2D eigenvalue weighted by Crippen LogP contribution is -2.46. The number of hydrogen-bond acceptors (Lipinski definition) is 4. The summed E-state index contributed by atoms with van der Waals surface area (Å²) in [5.41, 5.74) is 5.79. The van der Waals surface area contributed by atoms with Crippen LogP contribution in [0.25, 0.3) is 0 Å². The molecule has 0 saturated carbocycles. The number of hydrogen-bond donors (Lipinski definition) is 1. The normalized spacial score (nSPS) is 19.0. The summed E-state index contributed by atoms with van der Waals surface area (Å²) < 4.78 is 12.5. The minimum atomic E-state index is -0.781. The number of aromatic hydroxyl groups is 1. The van der Waals surface area contributed by atoms with Gasteiger partial charge in [-0.25, -0.2) is 0 Å². The van der Waals surface area contributed by atoms with Gasteiger partial charge in [0.1, 0.15) is 23.9 Å². The number of phenols is 1. The predicted molar refractivity (Wildman–Crippen MR) is 144 cm³/mol. The third kappa shape index (κ3) is 3.46. The second-order valence-corrected chi connectivity index (χ2v) is 11.1. The van der Waals surface area contributed by atoms with Crippen LogP contribution in [0.15, 0.2) is 84.9 Å². The Bertz CT molecular complexity index is 1480. The molecular weight excluding hydrogens is 460 g/mol. The Morgan fingerprint density at radius 1 is 0.865 bits per heavy atom. The maximum atomic E-state index is 13.0. The zero-order valence-corrected chi connectivity index (χ0v) is 21.5. The molecule has 0 atom stereocenters. The largest absolute Gasteiger partial charge is 0.508 e. The van der Waals surface area contributed by atoms with Crippen molar-refractivity contribution in [2.75, 3.05) is 6.61 Å². The summed E-state index contributed by atoms with van der Waals surface area (Å²) in [6.45, 7) is 7.86. The summed E-state index contributed by atoms with van der Waals surface area (Å²) in [7, 11) is 0. The predicted octanol–water partition coefficient (Wildman–Crippen LogP) is 6.87. The van der Waals surface area contributed by atoms with Gasteiger partial charge >= 0.3 is 5.97 Å². The smallest absolute Gasteiger partial charge is 0.316 e. The van der Waals surface area contributed by atoms with Crippen molar-refractivity contribution in [2.24, 2.45) is 5.41 Å². The van der Waals surface area contributed by atoms with Crippen LogP contribution in [0.4, 0.5) is 0 Å². The minimum Gasteiger partial charge on any atom is -0.508 e. The first-order chi connectivity index (χ1) is 17.7. The molecule has 4 aromatic rings. The Hall–Kier alpha value is -4.05. The molecule has 0 aliphatic heterocycles. The van der Waals surface area contributed by atoms with E-state index in [1.165, 1.54) is 0 Å². The molecule has 37 heavy (non-hydrogen) atoms. The molecule has 4 aromatic carbocycles. The van der Waals surface area contributed by atoms with Crippen molar-refractivity contribution in [3.8, 4) is 17.2 Å². The summed E-state index contributed by atoms with van der Waals surface area (Å²) in [6.07, 6.45) is 0. The van der Waals surface area contributed by atoms with Crippen molar-refractivity contribution in [3.05, 3.63) is 124 Å². The molecule has 0 aromatic heterocycles. The van der Waals surface area contributed by atoms with Crippen LogP contribution in [0.1, 0.15) is 65.6 Å². The minimum absolute atomic E-state index is 0.168. The van der Waals surface area contributed by atoms with Crippen molar-refractivity contribution >= 4 is 5.97 Å². The Balaban J connectivity index is 1.62. The molecule has 4 nitrogen and oxygen atoms in total. The number of ether oxygens (including phenoxy) is 2. The molecule has 2 bridgehead atoms. The molecule has 0 unspecified atom stereocenters. The van der Waals surface area contributed by atoms with Crippen molar-refractivity contribution in [1.29, 1.82) is 0 Å². The fourth-order valence-electron chi connectivity index (χ4n) is 5.89. The number of aryl methyl sites for hydroxylation is 1. The van der Waals surface area contributed by atoms with Crippen LogP contribution in [0.5, 0.6) is 17.2 Å². The molecule has 0 amide bonds. The second kappa shape index (κ2) is 8.24. The van der Waals surface area contributed by atoms with E-state index in [4.69, 9.17) is 9.47 Å². The van der Waals surface area contributed by atoms with Gasteiger partial charge < -0.3 is 14.6 Å². The van der Waals surface area contributed by atoms with Gasteiger partial charge in [0.25, 0.3) is 0 Å². The van der Waals surface area contributed by atoms with E-state index < -0.39 is 10.8 Å². The number of carbonyl (C=O) groups excluding carboxylic acids is 1. The first kappa shape index (κ1) is 23.4. The molecule has 0 radical (unpaired) electrons. The average Bonchev–Trinajstić information content (AvgIpc) is 2.89. The second-order valence-electron chi connectivity index (χ2n) is 11.1. The van der Waals surface area contributed by atoms with Crippen LogP contribution in [0, 0.1) is 12.3 Å². The third-order valence-electron chi connectivity index (χ3n) is 7.65. The zero-order valence-electron chi connectivity index (χ0n) is 21.5. The lowest BCUT2D eigenvalue weighted by Gasteiger charge is -2.50. The van der Waals surface area contributed by atoms with E-state index in [9.17, 15) is 9.90 Å². The number of benzene rings is 4. The lowest BCUT2D eigenvalue weighted by atomic mass is 9.53. The Morgan fingerprint density at radius 2 is 1.46 bits per heavy atom. The Labute approximate surface area is 217 Å². The fourth-order valence-corrected chi connectivity index (χ4v) is 5.89. The summed E-state index contributed by atoms with van der Waals surface area (Å²) in [5.74, 6) is 0.944. The maximum absolute atomic E-state index is 13.0. The van der Waals surface area contributed by atoms with E-state index in [1.807, 2.05) is 76.2 Å². The van der Waals surface area contributed by atoms with E-state index >= 15 is 0 Å². The standard InChI is InChI=1S/C33H30O4/c1-20-13-15-21(16-14-20)36-19-33-24-11-7-5-9-22(24)28(23-10-6-8-12-25(23)33)29-27(18-17-26(34)30(29)33)37-31(35)32(2,3)4/h5-18,28,34H,19H2,1-4H3. The molecule has 3 aliphatic rings. The van der Waals surface area contributed by atoms with Crippen LogP contribution in [0.3, 0.4) is 0 Å². The van der Waals surface area contributed by atoms with Gasteiger partial charge in [0.2, 0.25) is 0 Å². The van der Waals surface area contributed by atoms with Crippen LogP contribution in [-0.4, -0.2) is 17.7 Å². The van der Waals surface area contributed by atoms with Gasteiger partial charge in [0, 0.05) is 17.0 Å². The van der Waals surface area contributed by atoms with E-state index in [0.29, 0.717) is 5.75 Å². The third-order valence-corrected chi connectivity index (χ3v) is 7.65. The summed E-state index contributed by atoms with van der Waals surface area (Å²) >= 11 is 0. The Kier molecular flexibility index (Phi) is 5.20. The van der Waals surface area contributed by atoms with Gasteiger partial charge in [-0.15, -0.1) is 0 Å². The summed E-state index contributed by atoms with van der Waals surface area (Å²) in [4.78, 5) is 13.0. The molecule has 0 heterocycles. The topological polar surface area (TPSA) is 55.8 Å². The quantitative estimate of drug-likeness (QED) is 0.250. The molecule has 7 rings (SSSR count). The first-order valence-corrected chi connectivity index (χ1v) is 12.7. The number of esters is 1. The average molecular weight is 491 g/mol. The van der Waals surface area contributed by atoms with Gasteiger partial charge in [0.15, 0.2) is 0 Å². The number of carbonyl (C=O) groups is 1. The van der Waals surface area contributed by atoms with Crippen LogP contribution < -0.4 is 9.47 Å². The molecule has 0 spiro atoms. The van der Waals surface area contributed by atoms with Crippen molar-refractivity contribution in [2.45, 2.75) is 39.0 Å². The van der Waals surface area contributed by atoms with E-state index in [-0.39, 0.29) is 24.2 Å². The molecule has 3 aliphatic carbocycles. The molecule has 0 saturated heterocycles. The molecule has 0 fully saturated rings. The van der Waals surface area contributed by atoms with Gasteiger partial charge in [0.05, 0.1) is 10.8 Å². The van der Waals surface area contributed by atoms with Crippen molar-refractivity contribution < 1.29 is 19.4 Å². The SMILES string of the molecule is Cc1ccc(OCC23c4ccccc4C(c4ccccc42)c2c(OC(=O)C(C)(C)C)ccc(O)c23)cc1. The summed E-state index contributed by atoms with van der Waals surface area (Å²) in [6, 6.07) is 28.1. The lowest BCUT2D eigenvalue weighted by molar-refractivity contribution is -0.143.